The van der Waals surface area contributed by atoms with Crippen molar-refractivity contribution in [2.24, 2.45) is 0 Å². The molecular weight excluding hydrogens is 375 g/mol. The van der Waals surface area contributed by atoms with Gasteiger partial charge in [0.1, 0.15) is 0 Å². The summed E-state index contributed by atoms with van der Waals surface area (Å²) in [6, 6.07) is 17.0. The van der Waals surface area contributed by atoms with Gasteiger partial charge in [0.2, 0.25) is 0 Å². The van der Waals surface area contributed by atoms with Gasteiger partial charge in [0, 0.05) is 16.3 Å². The molecule has 3 aromatic carbocycles. The van der Waals surface area contributed by atoms with Crippen LogP contribution in [0.1, 0.15) is 21.5 Å². The SMILES string of the molecule is Cc1cc(-c2ccccc2NC(=O)c2ccccc2C(F)(F)F)ccc1Cl. The van der Waals surface area contributed by atoms with Crippen LogP contribution < -0.4 is 5.32 Å². The molecule has 0 atom stereocenters. The van der Waals surface area contributed by atoms with Gasteiger partial charge in [-0.3, -0.25) is 4.79 Å². The molecule has 0 aliphatic carbocycles. The third kappa shape index (κ3) is 4.14. The van der Waals surface area contributed by atoms with E-state index >= 15 is 0 Å². The van der Waals surface area contributed by atoms with E-state index in [4.69, 9.17) is 11.6 Å². The van der Waals surface area contributed by atoms with Gasteiger partial charge in [0.25, 0.3) is 5.91 Å². The number of carbonyl (C=O) groups is 1. The number of amides is 1. The Labute approximate surface area is 159 Å². The summed E-state index contributed by atoms with van der Waals surface area (Å²) in [6.07, 6.45) is -4.61. The van der Waals surface area contributed by atoms with Crippen LogP contribution in [-0.2, 0) is 6.18 Å². The zero-order valence-electron chi connectivity index (χ0n) is 14.3. The van der Waals surface area contributed by atoms with Crippen molar-refractivity contribution in [3.63, 3.8) is 0 Å². The Hall–Kier alpha value is -2.79. The van der Waals surface area contributed by atoms with Gasteiger partial charge in [-0.15, -0.1) is 0 Å². The summed E-state index contributed by atoms with van der Waals surface area (Å²) in [5.41, 5.74) is 1.38. The van der Waals surface area contributed by atoms with Crippen LogP contribution >= 0.6 is 11.6 Å². The average molecular weight is 390 g/mol. The fourth-order valence-electron chi connectivity index (χ4n) is 2.77. The molecule has 3 rings (SSSR count). The minimum atomic E-state index is -4.61. The van der Waals surface area contributed by atoms with Crippen molar-refractivity contribution in [3.8, 4) is 11.1 Å². The number of halogens is 4. The summed E-state index contributed by atoms with van der Waals surface area (Å²) in [4.78, 5) is 12.6. The van der Waals surface area contributed by atoms with E-state index in [9.17, 15) is 18.0 Å². The van der Waals surface area contributed by atoms with Crippen LogP contribution in [0.3, 0.4) is 0 Å². The first-order valence-corrected chi connectivity index (χ1v) is 8.48. The lowest BCUT2D eigenvalue weighted by molar-refractivity contribution is -0.137. The molecule has 1 N–H and O–H groups in total. The smallest absolute Gasteiger partial charge is 0.321 e. The van der Waals surface area contributed by atoms with E-state index in [0.29, 0.717) is 16.3 Å². The van der Waals surface area contributed by atoms with E-state index in [-0.39, 0.29) is 0 Å². The molecule has 138 valence electrons. The first kappa shape index (κ1) is 19.0. The van der Waals surface area contributed by atoms with Crippen molar-refractivity contribution in [2.45, 2.75) is 13.1 Å². The van der Waals surface area contributed by atoms with Crippen molar-refractivity contribution in [1.29, 1.82) is 0 Å². The maximum Gasteiger partial charge on any atom is 0.417 e. The van der Waals surface area contributed by atoms with Crippen molar-refractivity contribution < 1.29 is 18.0 Å². The van der Waals surface area contributed by atoms with Gasteiger partial charge in [-0.1, -0.05) is 48.0 Å². The molecular formula is C21H15ClF3NO. The second-order valence-electron chi connectivity index (χ2n) is 6.01. The fourth-order valence-corrected chi connectivity index (χ4v) is 2.89. The summed E-state index contributed by atoms with van der Waals surface area (Å²) in [6.45, 7) is 1.85. The van der Waals surface area contributed by atoms with Gasteiger partial charge in [0.05, 0.1) is 11.1 Å². The molecule has 2 nitrogen and oxygen atoms in total. The minimum Gasteiger partial charge on any atom is -0.321 e. The lowest BCUT2D eigenvalue weighted by Crippen LogP contribution is -2.18. The topological polar surface area (TPSA) is 29.1 Å². The summed E-state index contributed by atoms with van der Waals surface area (Å²) >= 11 is 6.06. The van der Waals surface area contributed by atoms with Gasteiger partial charge < -0.3 is 5.32 Å². The standard InChI is InChI=1S/C21H15ClF3NO/c1-13-12-14(10-11-18(13)22)15-6-3-5-9-19(15)26-20(27)16-7-2-4-8-17(16)21(23,24)25/h2-12H,1H3,(H,26,27). The summed E-state index contributed by atoms with van der Waals surface area (Å²) in [5.74, 6) is -0.818. The molecule has 27 heavy (non-hydrogen) atoms. The quantitative estimate of drug-likeness (QED) is 0.538. The number of carbonyl (C=O) groups excluding carboxylic acids is 1. The Bertz CT molecular complexity index is 999. The minimum absolute atomic E-state index is 0.418. The summed E-state index contributed by atoms with van der Waals surface area (Å²) in [7, 11) is 0. The van der Waals surface area contributed by atoms with Crippen molar-refractivity contribution in [3.05, 3.63) is 88.4 Å². The summed E-state index contributed by atoms with van der Waals surface area (Å²) in [5, 5.41) is 3.21. The second-order valence-corrected chi connectivity index (χ2v) is 6.41. The summed E-state index contributed by atoms with van der Waals surface area (Å²) < 4.78 is 39.5. The number of benzene rings is 3. The van der Waals surface area contributed by atoms with E-state index in [1.165, 1.54) is 12.1 Å². The normalized spacial score (nSPS) is 11.3. The Morgan fingerprint density at radius 1 is 0.963 bits per heavy atom. The molecule has 0 bridgehead atoms. The molecule has 0 heterocycles. The number of alkyl halides is 3. The van der Waals surface area contributed by atoms with Crippen LogP contribution in [0.2, 0.25) is 5.02 Å². The number of rotatable bonds is 3. The Balaban J connectivity index is 1.98. The predicted octanol–water partition coefficient (Wildman–Crippen LogP) is 6.59. The van der Waals surface area contributed by atoms with Crippen molar-refractivity contribution in [2.75, 3.05) is 5.32 Å². The largest absolute Gasteiger partial charge is 0.417 e. The van der Waals surface area contributed by atoms with Gasteiger partial charge >= 0.3 is 6.18 Å². The molecule has 0 saturated heterocycles. The van der Waals surface area contributed by atoms with Crippen LogP contribution in [0.15, 0.2) is 66.7 Å². The molecule has 3 aromatic rings. The third-order valence-electron chi connectivity index (χ3n) is 4.12. The van der Waals surface area contributed by atoms with Crippen LogP contribution in [-0.4, -0.2) is 5.91 Å². The van der Waals surface area contributed by atoms with E-state index in [0.717, 1.165) is 23.3 Å². The molecule has 0 radical (unpaired) electrons. The predicted molar refractivity (Wildman–Crippen MR) is 101 cm³/mol. The number of hydrogen-bond acceptors (Lipinski definition) is 1. The first-order valence-electron chi connectivity index (χ1n) is 8.10. The molecule has 0 aliphatic heterocycles. The van der Waals surface area contributed by atoms with Gasteiger partial charge in [0.15, 0.2) is 0 Å². The number of nitrogens with one attached hydrogen (secondary N) is 1. The number of anilines is 1. The first-order chi connectivity index (χ1) is 12.8. The third-order valence-corrected chi connectivity index (χ3v) is 4.55. The van der Waals surface area contributed by atoms with Crippen LogP contribution in [0.5, 0.6) is 0 Å². The van der Waals surface area contributed by atoms with Gasteiger partial charge in [-0.05, 0) is 48.4 Å². The Kier molecular flexibility index (Phi) is 5.24. The van der Waals surface area contributed by atoms with E-state index in [1.54, 1.807) is 36.4 Å². The molecule has 0 aliphatic rings. The van der Waals surface area contributed by atoms with E-state index in [2.05, 4.69) is 5.32 Å². The highest BCUT2D eigenvalue weighted by molar-refractivity contribution is 6.31. The molecule has 1 amide bonds. The van der Waals surface area contributed by atoms with Crippen LogP contribution in [0.4, 0.5) is 18.9 Å². The van der Waals surface area contributed by atoms with E-state index in [1.807, 2.05) is 13.0 Å². The highest BCUT2D eigenvalue weighted by Crippen LogP contribution is 2.34. The number of para-hydroxylation sites is 1. The zero-order valence-corrected chi connectivity index (χ0v) is 15.0. The Morgan fingerprint density at radius 3 is 2.33 bits per heavy atom. The zero-order chi connectivity index (χ0) is 19.6. The van der Waals surface area contributed by atoms with Gasteiger partial charge in [-0.25, -0.2) is 0 Å². The highest BCUT2D eigenvalue weighted by Gasteiger charge is 2.34. The molecule has 6 heteroatoms. The molecule has 0 saturated carbocycles. The van der Waals surface area contributed by atoms with Gasteiger partial charge in [-0.2, -0.15) is 13.2 Å². The maximum atomic E-state index is 13.2. The fraction of sp³-hybridized carbons (Fsp3) is 0.0952. The molecule has 0 unspecified atom stereocenters. The van der Waals surface area contributed by atoms with Crippen molar-refractivity contribution in [1.82, 2.24) is 0 Å². The number of hydrogen-bond donors (Lipinski definition) is 1. The highest BCUT2D eigenvalue weighted by atomic mass is 35.5. The second kappa shape index (κ2) is 7.45. The Morgan fingerprint density at radius 2 is 1.63 bits per heavy atom. The monoisotopic (exact) mass is 389 g/mol. The average Bonchev–Trinajstić information content (AvgIpc) is 2.64. The lowest BCUT2D eigenvalue weighted by Gasteiger charge is -2.15. The molecule has 0 fully saturated rings. The van der Waals surface area contributed by atoms with E-state index < -0.39 is 23.2 Å². The molecule has 0 aromatic heterocycles. The van der Waals surface area contributed by atoms with Crippen LogP contribution in [0, 0.1) is 6.92 Å². The van der Waals surface area contributed by atoms with Crippen LogP contribution in [0.25, 0.3) is 11.1 Å². The molecule has 0 spiro atoms. The lowest BCUT2D eigenvalue weighted by atomic mass is 10.0. The number of aryl methyl sites for hydroxylation is 1. The maximum absolute atomic E-state index is 13.2. The van der Waals surface area contributed by atoms with Crippen molar-refractivity contribution >= 4 is 23.2 Å².